The molecule has 1 aromatic rings. The van der Waals surface area contributed by atoms with Gasteiger partial charge in [0.15, 0.2) is 0 Å². The number of aryl methyl sites for hydroxylation is 1. The number of nitrogens with two attached hydrogens (primary N) is 1. The van der Waals surface area contributed by atoms with Gasteiger partial charge in [0, 0.05) is 12.2 Å². The molecule has 0 aliphatic heterocycles. The third-order valence-corrected chi connectivity index (χ3v) is 5.17. The van der Waals surface area contributed by atoms with E-state index in [1.807, 2.05) is 13.8 Å². The molecule has 0 saturated carbocycles. The summed E-state index contributed by atoms with van der Waals surface area (Å²) < 4.78 is 32.3. The molecule has 120 valence electrons. The minimum Gasteiger partial charge on any atom is -0.495 e. The number of hydrogen-bond acceptors (Lipinski definition) is 5. The second-order valence-corrected chi connectivity index (χ2v) is 6.85. The van der Waals surface area contributed by atoms with Crippen LogP contribution in [-0.2, 0) is 10.0 Å². The van der Waals surface area contributed by atoms with Gasteiger partial charge >= 0.3 is 0 Å². The lowest BCUT2D eigenvalue weighted by molar-refractivity contribution is 0.0377. The van der Waals surface area contributed by atoms with E-state index in [2.05, 4.69) is 4.72 Å². The van der Waals surface area contributed by atoms with Gasteiger partial charge in [-0.25, -0.2) is 13.1 Å². The molecule has 1 aromatic carbocycles. The molecule has 6 nitrogen and oxygen atoms in total. The predicted molar refractivity (Wildman–Crippen MR) is 82.9 cm³/mol. The van der Waals surface area contributed by atoms with E-state index in [1.54, 1.807) is 13.0 Å². The molecule has 0 aliphatic carbocycles. The Morgan fingerprint density at radius 2 is 1.90 bits per heavy atom. The quantitative estimate of drug-likeness (QED) is 0.660. The zero-order chi connectivity index (χ0) is 16.3. The summed E-state index contributed by atoms with van der Waals surface area (Å²) in [6.45, 7) is 5.33. The number of hydrogen-bond donors (Lipinski definition) is 3. The van der Waals surface area contributed by atoms with Crippen molar-refractivity contribution in [3.63, 3.8) is 0 Å². The smallest absolute Gasteiger partial charge is 0.244 e. The second kappa shape index (κ2) is 6.64. The number of anilines is 1. The van der Waals surface area contributed by atoms with Gasteiger partial charge in [-0.05, 0) is 37.5 Å². The Bertz CT molecular complexity index is 595. The molecule has 21 heavy (non-hydrogen) atoms. The van der Waals surface area contributed by atoms with Crippen LogP contribution in [0, 0.1) is 6.92 Å². The first-order valence-electron chi connectivity index (χ1n) is 6.85. The molecule has 0 aliphatic rings. The minimum absolute atomic E-state index is 0.0253. The molecule has 0 fully saturated rings. The molecule has 1 rings (SSSR count). The monoisotopic (exact) mass is 316 g/mol. The van der Waals surface area contributed by atoms with Gasteiger partial charge in [0.1, 0.15) is 10.6 Å². The highest BCUT2D eigenvalue weighted by Crippen LogP contribution is 2.29. The van der Waals surface area contributed by atoms with E-state index in [0.717, 1.165) is 5.56 Å². The van der Waals surface area contributed by atoms with Crippen molar-refractivity contribution in [2.24, 2.45) is 0 Å². The van der Waals surface area contributed by atoms with Gasteiger partial charge in [-0.3, -0.25) is 0 Å². The van der Waals surface area contributed by atoms with Crippen molar-refractivity contribution in [3.05, 3.63) is 17.7 Å². The number of aliphatic hydroxyl groups is 1. The van der Waals surface area contributed by atoms with Gasteiger partial charge < -0.3 is 15.6 Å². The van der Waals surface area contributed by atoms with Gasteiger partial charge in [0.05, 0.1) is 12.7 Å². The van der Waals surface area contributed by atoms with E-state index < -0.39 is 15.6 Å². The zero-order valence-corrected chi connectivity index (χ0v) is 13.8. The Balaban J connectivity index is 3.11. The Morgan fingerprint density at radius 3 is 2.38 bits per heavy atom. The predicted octanol–water partition coefficient (Wildman–Crippen LogP) is 1.42. The van der Waals surface area contributed by atoms with Crippen molar-refractivity contribution in [3.8, 4) is 5.75 Å². The number of methoxy groups -OCH3 is 1. The summed E-state index contributed by atoms with van der Waals surface area (Å²) >= 11 is 0. The maximum atomic E-state index is 12.4. The molecule has 0 atom stereocenters. The van der Waals surface area contributed by atoms with Crippen LogP contribution >= 0.6 is 0 Å². The Kier molecular flexibility index (Phi) is 5.61. The fourth-order valence-electron chi connectivity index (χ4n) is 1.85. The first-order valence-corrected chi connectivity index (χ1v) is 8.33. The van der Waals surface area contributed by atoms with E-state index in [-0.39, 0.29) is 17.2 Å². The van der Waals surface area contributed by atoms with Crippen LogP contribution in [0.2, 0.25) is 0 Å². The number of rotatable bonds is 7. The molecule has 7 heteroatoms. The van der Waals surface area contributed by atoms with Crippen LogP contribution < -0.4 is 15.2 Å². The van der Waals surface area contributed by atoms with Gasteiger partial charge in [0.25, 0.3) is 0 Å². The molecule has 0 amide bonds. The Labute approximate surface area is 126 Å². The molecule has 0 bridgehead atoms. The van der Waals surface area contributed by atoms with Crippen molar-refractivity contribution in [1.29, 1.82) is 0 Å². The summed E-state index contributed by atoms with van der Waals surface area (Å²) in [7, 11) is -2.41. The summed E-state index contributed by atoms with van der Waals surface area (Å²) in [5.74, 6) is 0.228. The van der Waals surface area contributed by atoms with E-state index in [4.69, 9.17) is 10.5 Å². The molecule has 0 unspecified atom stereocenters. The van der Waals surface area contributed by atoms with Crippen LogP contribution in [0.1, 0.15) is 32.3 Å². The maximum absolute atomic E-state index is 12.4. The number of nitrogens with one attached hydrogen (secondary N) is 1. The molecule has 0 radical (unpaired) electrons. The first kappa shape index (κ1) is 17.7. The molecular weight excluding hydrogens is 292 g/mol. The van der Waals surface area contributed by atoms with Crippen molar-refractivity contribution >= 4 is 15.7 Å². The highest BCUT2D eigenvalue weighted by molar-refractivity contribution is 7.89. The van der Waals surface area contributed by atoms with Crippen molar-refractivity contribution in [2.75, 3.05) is 19.4 Å². The van der Waals surface area contributed by atoms with Crippen LogP contribution in [0.15, 0.2) is 17.0 Å². The van der Waals surface area contributed by atoms with Crippen LogP contribution in [0.4, 0.5) is 5.69 Å². The van der Waals surface area contributed by atoms with Crippen LogP contribution in [0.3, 0.4) is 0 Å². The minimum atomic E-state index is -3.81. The lowest BCUT2D eigenvalue weighted by Crippen LogP contribution is -2.42. The van der Waals surface area contributed by atoms with E-state index in [9.17, 15) is 13.5 Å². The zero-order valence-electron chi connectivity index (χ0n) is 12.9. The fourth-order valence-corrected chi connectivity index (χ4v) is 3.16. The summed E-state index contributed by atoms with van der Waals surface area (Å²) in [4.78, 5) is -0.0253. The highest BCUT2D eigenvalue weighted by atomic mass is 32.2. The van der Waals surface area contributed by atoms with Crippen molar-refractivity contribution in [2.45, 2.75) is 44.1 Å². The van der Waals surface area contributed by atoms with E-state index in [1.165, 1.54) is 13.2 Å². The van der Waals surface area contributed by atoms with Gasteiger partial charge in [-0.15, -0.1) is 0 Å². The van der Waals surface area contributed by atoms with Crippen LogP contribution in [0.25, 0.3) is 0 Å². The molecule has 4 N–H and O–H groups in total. The number of ether oxygens (including phenoxy) is 1. The molecule has 0 heterocycles. The molecule has 0 spiro atoms. The fraction of sp³-hybridized carbons (Fsp3) is 0.571. The third kappa shape index (κ3) is 4.09. The van der Waals surface area contributed by atoms with E-state index >= 15 is 0 Å². The summed E-state index contributed by atoms with van der Waals surface area (Å²) in [6, 6.07) is 2.95. The normalized spacial score (nSPS) is 12.4. The lowest BCUT2D eigenvalue weighted by atomic mass is 9.98. The average molecular weight is 316 g/mol. The van der Waals surface area contributed by atoms with Gasteiger partial charge in [-0.1, -0.05) is 13.8 Å². The summed E-state index contributed by atoms with van der Waals surface area (Å²) in [5.41, 5.74) is 5.83. The van der Waals surface area contributed by atoms with Crippen molar-refractivity contribution < 1.29 is 18.3 Å². The Hall–Kier alpha value is -1.31. The SMILES string of the molecule is CCC(O)(CC)CNS(=O)(=O)c1cc(N)c(C)cc1OC. The second-order valence-electron chi connectivity index (χ2n) is 5.12. The lowest BCUT2D eigenvalue weighted by Gasteiger charge is -2.25. The standard InChI is InChI=1S/C14H24N2O4S/c1-5-14(17,6-2)9-16-21(18,19)13-8-11(15)10(3)7-12(13)20-4/h7-8,16-17H,5-6,9,15H2,1-4H3. The topological polar surface area (TPSA) is 102 Å². The average Bonchev–Trinajstić information content (AvgIpc) is 2.47. The van der Waals surface area contributed by atoms with E-state index in [0.29, 0.717) is 18.5 Å². The number of benzene rings is 1. The first-order chi connectivity index (χ1) is 9.69. The summed E-state index contributed by atoms with van der Waals surface area (Å²) in [5, 5.41) is 10.2. The Morgan fingerprint density at radius 1 is 1.33 bits per heavy atom. The van der Waals surface area contributed by atoms with Gasteiger partial charge in [-0.2, -0.15) is 0 Å². The maximum Gasteiger partial charge on any atom is 0.244 e. The molecular formula is C14H24N2O4S. The summed E-state index contributed by atoms with van der Waals surface area (Å²) in [6.07, 6.45) is 0.915. The third-order valence-electron chi connectivity index (χ3n) is 3.75. The highest BCUT2D eigenvalue weighted by Gasteiger charge is 2.27. The molecule has 0 aromatic heterocycles. The van der Waals surface area contributed by atoms with Crippen LogP contribution in [0.5, 0.6) is 5.75 Å². The van der Waals surface area contributed by atoms with Gasteiger partial charge in [0.2, 0.25) is 10.0 Å². The largest absolute Gasteiger partial charge is 0.495 e. The number of nitrogen functional groups attached to an aromatic ring is 1. The van der Waals surface area contributed by atoms with Crippen molar-refractivity contribution in [1.82, 2.24) is 4.72 Å². The van der Waals surface area contributed by atoms with Crippen LogP contribution in [-0.4, -0.2) is 32.8 Å². The number of sulfonamides is 1. The molecule has 0 saturated heterocycles.